The normalized spacial score (nSPS) is 22.1. The van der Waals surface area contributed by atoms with Crippen molar-refractivity contribution in [3.05, 3.63) is 0 Å². The summed E-state index contributed by atoms with van der Waals surface area (Å²) in [6.45, 7) is 7.85. The highest BCUT2D eigenvalue weighted by atomic mass is 16.4. The summed E-state index contributed by atoms with van der Waals surface area (Å²) < 4.78 is 0. The van der Waals surface area contributed by atoms with Crippen molar-refractivity contribution in [1.29, 1.82) is 0 Å². The fraction of sp³-hybridized carbons (Fsp3) is 0.800. The van der Waals surface area contributed by atoms with Crippen molar-refractivity contribution in [3.63, 3.8) is 0 Å². The zero-order valence-corrected chi connectivity index (χ0v) is 9.07. The Morgan fingerprint density at radius 3 is 2.21 bits per heavy atom. The lowest BCUT2D eigenvalue weighted by molar-refractivity contribution is -0.171. The number of β-lactam (4-membered cyclic amide) rings is 1. The van der Waals surface area contributed by atoms with Crippen LogP contribution in [0.1, 0.15) is 27.7 Å². The minimum atomic E-state index is -0.913. The molecule has 0 spiro atoms. The number of hydrogen-bond acceptors (Lipinski definition) is 2. The molecule has 14 heavy (non-hydrogen) atoms. The Kier molecular flexibility index (Phi) is 2.56. The van der Waals surface area contributed by atoms with Crippen molar-refractivity contribution in [3.8, 4) is 0 Å². The summed E-state index contributed by atoms with van der Waals surface area (Å²) in [6, 6.07) is -0.671. The minimum Gasteiger partial charge on any atom is -0.480 e. The molecule has 1 aliphatic heterocycles. The number of carboxylic acids is 1. The maximum absolute atomic E-state index is 11.6. The second-order valence-electron chi connectivity index (χ2n) is 4.84. The van der Waals surface area contributed by atoms with E-state index in [1.807, 2.05) is 27.7 Å². The maximum atomic E-state index is 11.6. The van der Waals surface area contributed by atoms with Crippen LogP contribution in [0.25, 0.3) is 0 Å². The van der Waals surface area contributed by atoms with Gasteiger partial charge < -0.3 is 10.0 Å². The Balaban J connectivity index is 2.75. The van der Waals surface area contributed by atoms with E-state index < -0.39 is 12.0 Å². The Labute approximate surface area is 83.9 Å². The van der Waals surface area contributed by atoms with Gasteiger partial charge in [-0.15, -0.1) is 0 Å². The minimum absolute atomic E-state index is 0.0486. The van der Waals surface area contributed by atoms with E-state index in [-0.39, 0.29) is 17.2 Å². The van der Waals surface area contributed by atoms with E-state index >= 15 is 0 Å². The monoisotopic (exact) mass is 199 g/mol. The number of aliphatic carboxylic acids is 1. The van der Waals surface area contributed by atoms with Crippen LogP contribution < -0.4 is 0 Å². The SMILES string of the molecule is CC(C)C(C(=O)O)N1CC(C)(C)C1=O. The topological polar surface area (TPSA) is 57.6 Å². The standard InChI is InChI=1S/C10H17NO3/c1-6(2)7(8(12)13)11-5-10(3,4)9(11)14/h6-7H,5H2,1-4H3,(H,12,13). The number of carbonyl (C=O) groups is 2. The second kappa shape index (κ2) is 3.26. The van der Waals surface area contributed by atoms with E-state index in [1.165, 1.54) is 4.90 Å². The highest BCUT2D eigenvalue weighted by Crippen LogP contribution is 2.34. The van der Waals surface area contributed by atoms with Gasteiger partial charge in [0.05, 0.1) is 5.41 Å². The summed E-state index contributed by atoms with van der Waals surface area (Å²) in [5.74, 6) is -1.02. The number of rotatable bonds is 3. The van der Waals surface area contributed by atoms with Gasteiger partial charge in [0.1, 0.15) is 6.04 Å². The first-order valence-electron chi connectivity index (χ1n) is 4.81. The molecule has 1 amide bonds. The number of hydrogen-bond donors (Lipinski definition) is 1. The smallest absolute Gasteiger partial charge is 0.326 e. The van der Waals surface area contributed by atoms with Crippen LogP contribution in [-0.2, 0) is 9.59 Å². The van der Waals surface area contributed by atoms with Gasteiger partial charge in [-0.3, -0.25) is 4.79 Å². The molecule has 1 aliphatic rings. The molecule has 1 fully saturated rings. The summed E-state index contributed by atoms with van der Waals surface area (Å²) in [6.07, 6.45) is 0. The molecule has 0 radical (unpaired) electrons. The van der Waals surface area contributed by atoms with Gasteiger partial charge in [0.15, 0.2) is 0 Å². The molecule has 4 nitrogen and oxygen atoms in total. The van der Waals surface area contributed by atoms with Crippen LogP contribution in [-0.4, -0.2) is 34.5 Å². The predicted octanol–water partition coefficient (Wildman–Crippen LogP) is 0.964. The first-order chi connectivity index (χ1) is 6.27. The predicted molar refractivity (Wildman–Crippen MR) is 51.8 cm³/mol. The van der Waals surface area contributed by atoms with Gasteiger partial charge in [0, 0.05) is 6.54 Å². The maximum Gasteiger partial charge on any atom is 0.326 e. The molecule has 0 aromatic carbocycles. The van der Waals surface area contributed by atoms with Crippen molar-refractivity contribution in [2.45, 2.75) is 33.7 Å². The fourth-order valence-corrected chi connectivity index (χ4v) is 1.87. The summed E-state index contributed by atoms with van der Waals surface area (Å²) in [7, 11) is 0. The Hall–Kier alpha value is -1.06. The van der Waals surface area contributed by atoms with Crippen molar-refractivity contribution < 1.29 is 14.7 Å². The number of likely N-dealkylation sites (tertiary alicyclic amines) is 1. The van der Waals surface area contributed by atoms with Crippen molar-refractivity contribution in [1.82, 2.24) is 4.90 Å². The zero-order valence-electron chi connectivity index (χ0n) is 9.07. The highest BCUT2D eigenvalue weighted by molar-refractivity contribution is 5.92. The third-order valence-corrected chi connectivity index (χ3v) is 2.63. The summed E-state index contributed by atoms with van der Waals surface area (Å²) >= 11 is 0. The number of carboxylic acid groups (broad SMARTS) is 1. The molecule has 1 unspecified atom stereocenters. The van der Waals surface area contributed by atoms with Crippen LogP contribution in [0, 0.1) is 11.3 Å². The van der Waals surface area contributed by atoms with Crippen molar-refractivity contribution in [2.24, 2.45) is 11.3 Å². The number of amides is 1. The van der Waals surface area contributed by atoms with Gasteiger partial charge in [0.25, 0.3) is 0 Å². The van der Waals surface area contributed by atoms with Gasteiger partial charge in [-0.25, -0.2) is 4.79 Å². The molecular formula is C10H17NO3. The van der Waals surface area contributed by atoms with E-state index in [0.29, 0.717) is 6.54 Å². The lowest BCUT2D eigenvalue weighted by atomic mass is 9.80. The van der Waals surface area contributed by atoms with Crippen LogP contribution in [0.15, 0.2) is 0 Å². The van der Waals surface area contributed by atoms with Crippen molar-refractivity contribution >= 4 is 11.9 Å². The largest absolute Gasteiger partial charge is 0.480 e. The van der Waals surface area contributed by atoms with Gasteiger partial charge in [-0.05, 0) is 19.8 Å². The van der Waals surface area contributed by atoms with Gasteiger partial charge in [0.2, 0.25) is 5.91 Å². The van der Waals surface area contributed by atoms with E-state index in [0.717, 1.165) is 0 Å². The van der Waals surface area contributed by atoms with Gasteiger partial charge >= 0.3 is 5.97 Å². The van der Waals surface area contributed by atoms with E-state index in [1.54, 1.807) is 0 Å². The number of carbonyl (C=O) groups excluding carboxylic acids is 1. The Morgan fingerprint density at radius 2 is 2.00 bits per heavy atom. The van der Waals surface area contributed by atoms with Crippen LogP contribution in [0.2, 0.25) is 0 Å². The van der Waals surface area contributed by atoms with Gasteiger partial charge in [-0.1, -0.05) is 13.8 Å². The molecule has 1 rings (SSSR count). The number of nitrogens with zero attached hydrogens (tertiary/aromatic N) is 1. The molecular weight excluding hydrogens is 182 g/mol. The summed E-state index contributed by atoms with van der Waals surface area (Å²) in [4.78, 5) is 24.0. The first kappa shape index (κ1) is 11.0. The van der Waals surface area contributed by atoms with Crippen LogP contribution in [0.4, 0.5) is 0 Å². The molecule has 1 N–H and O–H groups in total. The molecule has 80 valence electrons. The average Bonchev–Trinajstić information content (AvgIpc) is 2.01. The molecule has 0 aromatic rings. The van der Waals surface area contributed by atoms with Crippen LogP contribution in [0.3, 0.4) is 0 Å². The van der Waals surface area contributed by atoms with E-state index in [9.17, 15) is 9.59 Å². The lowest BCUT2D eigenvalue weighted by Crippen LogP contribution is -2.64. The van der Waals surface area contributed by atoms with Crippen LogP contribution >= 0.6 is 0 Å². The Morgan fingerprint density at radius 1 is 1.50 bits per heavy atom. The van der Waals surface area contributed by atoms with Crippen LogP contribution in [0.5, 0.6) is 0 Å². The molecule has 0 aromatic heterocycles. The molecule has 0 aliphatic carbocycles. The molecule has 1 heterocycles. The molecule has 0 bridgehead atoms. The lowest BCUT2D eigenvalue weighted by Gasteiger charge is -2.48. The zero-order chi connectivity index (χ0) is 11.1. The fourth-order valence-electron chi connectivity index (χ4n) is 1.87. The summed E-state index contributed by atoms with van der Waals surface area (Å²) in [5, 5.41) is 8.97. The Bertz CT molecular complexity index is 271. The van der Waals surface area contributed by atoms with Gasteiger partial charge in [-0.2, -0.15) is 0 Å². The molecule has 0 saturated carbocycles. The van der Waals surface area contributed by atoms with E-state index in [4.69, 9.17) is 5.11 Å². The second-order valence-corrected chi connectivity index (χ2v) is 4.84. The summed E-state index contributed by atoms with van der Waals surface area (Å²) in [5.41, 5.74) is -0.372. The highest BCUT2D eigenvalue weighted by Gasteiger charge is 2.49. The third-order valence-electron chi connectivity index (χ3n) is 2.63. The molecule has 4 heteroatoms. The van der Waals surface area contributed by atoms with Crippen molar-refractivity contribution in [2.75, 3.05) is 6.54 Å². The quantitative estimate of drug-likeness (QED) is 0.689. The first-order valence-corrected chi connectivity index (χ1v) is 4.81. The third kappa shape index (κ3) is 1.61. The molecule has 1 atom stereocenters. The van der Waals surface area contributed by atoms with E-state index in [2.05, 4.69) is 0 Å². The average molecular weight is 199 g/mol. The molecule has 1 saturated heterocycles.